The molecule has 0 spiro atoms. The molecule has 2 rings (SSSR count). The first-order chi connectivity index (χ1) is 7.16. The summed E-state index contributed by atoms with van der Waals surface area (Å²) in [6.45, 7) is 0. The van der Waals surface area contributed by atoms with E-state index in [1.165, 1.54) is 24.3 Å². The molecule has 75 valence electrons. The standard InChI is InChI=1S/C12H7F2O/c13-9-3-6-11(12(14)7-9)8-1-4-10(15)5-2-8/h1-4,6-7,15H. The Morgan fingerprint density at radius 2 is 1.87 bits per heavy atom. The van der Waals surface area contributed by atoms with E-state index in [-0.39, 0.29) is 11.3 Å². The van der Waals surface area contributed by atoms with Gasteiger partial charge in [-0.2, -0.15) is 0 Å². The lowest BCUT2D eigenvalue weighted by molar-refractivity contribution is 0.474. The van der Waals surface area contributed by atoms with Crippen molar-refractivity contribution in [2.75, 3.05) is 0 Å². The topological polar surface area (TPSA) is 20.2 Å². The van der Waals surface area contributed by atoms with Gasteiger partial charge in [-0.1, -0.05) is 6.07 Å². The third kappa shape index (κ3) is 1.96. The molecule has 0 bridgehead atoms. The van der Waals surface area contributed by atoms with Gasteiger partial charge in [0.05, 0.1) is 0 Å². The van der Waals surface area contributed by atoms with E-state index in [0.717, 1.165) is 6.07 Å². The van der Waals surface area contributed by atoms with Crippen molar-refractivity contribution in [3.8, 4) is 16.9 Å². The summed E-state index contributed by atoms with van der Waals surface area (Å²) in [7, 11) is 0. The van der Waals surface area contributed by atoms with Gasteiger partial charge < -0.3 is 5.11 Å². The molecule has 0 aliphatic carbocycles. The normalized spacial score (nSPS) is 10.3. The fourth-order valence-corrected chi connectivity index (χ4v) is 1.31. The lowest BCUT2D eigenvalue weighted by Crippen LogP contribution is -1.85. The molecule has 1 N–H and O–H groups in total. The maximum Gasteiger partial charge on any atom is 0.133 e. The summed E-state index contributed by atoms with van der Waals surface area (Å²) in [4.78, 5) is 0. The fraction of sp³-hybridized carbons (Fsp3) is 0. The van der Waals surface area contributed by atoms with Crippen LogP contribution in [0.25, 0.3) is 11.1 Å². The van der Waals surface area contributed by atoms with Gasteiger partial charge in [-0.25, -0.2) is 8.78 Å². The van der Waals surface area contributed by atoms with Crippen LogP contribution < -0.4 is 0 Å². The predicted octanol–water partition coefficient (Wildman–Crippen LogP) is 3.14. The Morgan fingerprint density at radius 3 is 2.47 bits per heavy atom. The quantitative estimate of drug-likeness (QED) is 0.758. The van der Waals surface area contributed by atoms with Crippen molar-refractivity contribution in [1.29, 1.82) is 0 Å². The minimum Gasteiger partial charge on any atom is -0.507 e. The number of phenols is 1. The summed E-state index contributed by atoms with van der Waals surface area (Å²) in [5, 5.41) is 9.01. The van der Waals surface area contributed by atoms with Crippen LogP contribution in [0.5, 0.6) is 5.75 Å². The average Bonchev–Trinajstić information content (AvgIpc) is 2.20. The second-order valence-corrected chi connectivity index (χ2v) is 3.09. The van der Waals surface area contributed by atoms with Gasteiger partial charge in [0.1, 0.15) is 17.4 Å². The second-order valence-electron chi connectivity index (χ2n) is 3.09. The van der Waals surface area contributed by atoms with Gasteiger partial charge in [0, 0.05) is 17.7 Å². The van der Waals surface area contributed by atoms with Crippen LogP contribution in [-0.4, -0.2) is 5.11 Å². The Labute approximate surface area is 85.6 Å². The van der Waals surface area contributed by atoms with E-state index < -0.39 is 11.6 Å². The minimum absolute atomic E-state index is 0.0127. The zero-order valence-corrected chi connectivity index (χ0v) is 7.67. The molecule has 15 heavy (non-hydrogen) atoms. The molecule has 0 heterocycles. The molecule has 2 aromatic carbocycles. The van der Waals surface area contributed by atoms with E-state index in [0.29, 0.717) is 5.56 Å². The smallest absolute Gasteiger partial charge is 0.133 e. The number of hydrogen-bond donors (Lipinski definition) is 1. The maximum atomic E-state index is 13.3. The third-order valence-electron chi connectivity index (χ3n) is 2.04. The number of aromatic hydroxyl groups is 1. The van der Waals surface area contributed by atoms with Crippen LogP contribution in [0, 0.1) is 17.7 Å². The molecular formula is C12H7F2O. The third-order valence-corrected chi connectivity index (χ3v) is 2.04. The summed E-state index contributed by atoms with van der Waals surface area (Å²) < 4.78 is 26.0. The number of rotatable bonds is 1. The molecule has 1 nitrogen and oxygen atoms in total. The lowest BCUT2D eigenvalue weighted by Gasteiger charge is -2.03. The van der Waals surface area contributed by atoms with E-state index >= 15 is 0 Å². The molecule has 0 saturated carbocycles. The van der Waals surface area contributed by atoms with Crippen LogP contribution in [0.2, 0.25) is 0 Å². The van der Waals surface area contributed by atoms with Crippen LogP contribution >= 0.6 is 0 Å². The van der Waals surface area contributed by atoms with E-state index in [1.807, 2.05) is 0 Å². The Hall–Kier alpha value is -1.90. The summed E-state index contributed by atoms with van der Waals surface area (Å²) in [5.74, 6) is -1.26. The number of benzene rings is 2. The lowest BCUT2D eigenvalue weighted by atomic mass is 10.1. The van der Waals surface area contributed by atoms with E-state index in [1.54, 1.807) is 6.07 Å². The molecule has 0 fully saturated rings. The molecule has 0 aliphatic rings. The van der Waals surface area contributed by atoms with E-state index in [4.69, 9.17) is 5.11 Å². The molecule has 0 unspecified atom stereocenters. The van der Waals surface area contributed by atoms with Crippen molar-refractivity contribution < 1.29 is 13.9 Å². The highest BCUT2D eigenvalue weighted by Crippen LogP contribution is 2.24. The number of halogens is 2. The van der Waals surface area contributed by atoms with Crippen molar-refractivity contribution in [3.05, 3.63) is 54.1 Å². The van der Waals surface area contributed by atoms with Gasteiger partial charge in [0.15, 0.2) is 0 Å². The first-order valence-corrected chi connectivity index (χ1v) is 4.33. The van der Waals surface area contributed by atoms with Crippen molar-refractivity contribution in [2.45, 2.75) is 0 Å². The molecule has 2 aromatic rings. The van der Waals surface area contributed by atoms with Crippen LogP contribution in [0.15, 0.2) is 36.4 Å². The van der Waals surface area contributed by atoms with Gasteiger partial charge >= 0.3 is 0 Å². The van der Waals surface area contributed by atoms with Gasteiger partial charge in [0.2, 0.25) is 0 Å². The maximum absolute atomic E-state index is 13.3. The average molecular weight is 205 g/mol. The van der Waals surface area contributed by atoms with Crippen molar-refractivity contribution in [2.24, 2.45) is 0 Å². The SMILES string of the molecule is Oc1[c]cc(-c2ccc(F)cc2F)cc1. The highest BCUT2D eigenvalue weighted by molar-refractivity contribution is 5.64. The molecule has 0 aliphatic heterocycles. The fourth-order valence-electron chi connectivity index (χ4n) is 1.31. The van der Waals surface area contributed by atoms with Crippen LogP contribution in [-0.2, 0) is 0 Å². The summed E-state index contributed by atoms with van der Waals surface area (Å²) in [5.41, 5.74) is 0.831. The molecule has 3 heteroatoms. The second kappa shape index (κ2) is 3.69. The highest BCUT2D eigenvalue weighted by atomic mass is 19.1. The van der Waals surface area contributed by atoms with Crippen LogP contribution in [0.4, 0.5) is 8.78 Å². The number of phenolic OH excluding ortho intramolecular Hbond substituents is 1. The summed E-state index contributed by atoms with van der Waals surface area (Å²) in [6.07, 6.45) is 0. The number of hydrogen-bond acceptors (Lipinski definition) is 1. The molecule has 0 atom stereocenters. The highest BCUT2D eigenvalue weighted by Gasteiger charge is 2.05. The monoisotopic (exact) mass is 205 g/mol. The zero-order valence-electron chi connectivity index (χ0n) is 7.67. The van der Waals surface area contributed by atoms with E-state index in [9.17, 15) is 8.78 Å². The summed E-state index contributed by atoms with van der Waals surface area (Å²) in [6, 6.07) is 10.3. The van der Waals surface area contributed by atoms with Gasteiger partial charge in [-0.3, -0.25) is 0 Å². The van der Waals surface area contributed by atoms with Gasteiger partial charge in [0.25, 0.3) is 0 Å². The van der Waals surface area contributed by atoms with E-state index in [2.05, 4.69) is 6.07 Å². The largest absolute Gasteiger partial charge is 0.507 e. The first-order valence-electron chi connectivity index (χ1n) is 4.33. The Bertz CT molecular complexity index is 477. The van der Waals surface area contributed by atoms with Gasteiger partial charge in [-0.15, -0.1) is 0 Å². The predicted molar refractivity (Wildman–Crippen MR) is 52.3 cm³/mol. The van der Waals surface area contributed by atoms with Gasteiger partial charge in [-0.05, 0) is 29.8 Å². The zero-order chi connectivity index (χ0) is 10.8. The molecule has 1 radical (unpaired) electrons. The van der Waals surface area contributed by atoms with Crippen LogP contribution in [0.3, 0.4) is 0 Å². The molecule has 0 aromatic heterocycles. The van der Waals surface area contributed by atoms with Crippen molar-refractivity contribution in [3.63, 3.8) is 0 Å². The minimum atomic E-state index is -0.630. The first kappa shape index (κ1) is 9.65. The Kier molecular flexibility index (Phi) is 2.37. The summed E-state index contributed by atoms with van der Waals surface area (Å²) >= 11 is 0. The Morgan fingerprint density at radius 1 is 1.07 bits per heavy atom. The molecular weight excluding hydrogens is 198 g/mol. The Balaban J connectivity index is 2.49. The molecule has 0 amide bonds. The van der Waals surface area contributed by atoms with Crippen molar-refractivity contribution in [1.82, 2.24) is 0 Å². The molecule has 0 saturated heterocycles. The van der Waals surface area contributed by atoms with Crippen molar-refractivity contribution >= 4 is 0 Å². The van der Waals surface area contributed by atoms with Crippen LogP contribution in [0.1, 0.15) is 0 Å².